The molecule has 0 aliphatic rings. The van der Waals surface area contributed by atoms with Crippen LogP contribution >= 0.6 is 0 Å². The van der Waals surface area contributed by atoms with Crippen molar-refractivity contribution >= 4 is 17.6 Å². The molecule has 0 fully saturated rings. The maximum atomic E-state index is 11.5. The van der Waals surface area contributed by atoms with Crippen LogP contribution in [0, 0.1) is 0 Å². The average molecular weight is 722 g/mol. The number of nitrogen functional groups attached to an aromatic ring is 1. The van der Waals surface area contributed by atoms with Crippen molar-refractivity contribution in [1.29, 1.82) is 0 Å². The number of rotatable bonds is 39. The summed E-state index contributed by atoms with van der Waals surface area (Å²) < 4.78 is 65.0. The second kappa shape index (κ2) is 36.2. The van der Waals surface area contributed by atoms with Crippen LogP contribution in [0.2, 0.25) is 0 Å². The molecule has 3 N–H and O–H groups in total. The molecule has 290 valence electrons. The fraction of sp³-hybridized carbons (Fsp3) is 0.765. The smallest absolute Gasteiger partial charge is 0.305 e. The Morgan fingerprint density at radius 2 is 0.780 bits per heavy atom. The lowest BCUT2D eigenvalue weighted by Gasteiger charge is -2.10. The Morgan fingerprint density at radius 1 is 0.460 bits per heavy atom. The molecule has 1 rings (SSSR count). The van der Waals surface area contributed by atoms with Gasteiger partial charge in [-0.2, -0.15) is 0 Å². The second-order valence-corrected chi connectivity index (χ2v) is 10.3. The third-order valence-electron chi connectivity index (χ3n) is 6.26. The Morgan fingerprint density at radius 3 is 1.14 bits per heavy atom. The molecule has 16 nitrogen and oxygen atoms in total. The number of benzene rings is 1. The first-order valence-electron chi connectivity index (χ1n) is 17.2. The van der Waals surface area contributed by atoms with Gasteiger partial charge in [0, 0.05) is 12.8 Å². The van der Waals surface area contributed by atoms with Crippen molar-refractivity contribution in [3.8, 4) is 5.75 Å². The molecule has 1 aromatic rings. The van der Waals surface area contributed by atoms with E-state index in [1.165, 1.54) is 0 Å². The molecular weight excluding hydrogens is 662 g/mol. The number of esters is 1. The molecule has 0 radical (unpaired) electrons. The van der Waals surface area contributed by atoms with Crippen LogP contribution < -0.4 is 10.5 Å². The number of carbonyl (C=O) groups is 2. The lowest BCUT2D eigenvalue weighted by molar-refractivity contribution is -0.146. The summed E-state index contributed by atoms with van der Waals surface area (Å²) in [4.78, 5) is 21.9. The zero-order valence-corrected chi connectivity index (χ0v) is 29.4. The van der Waals surface area contributed by atoms with Crippen molar-refractivity contribution in [3.05, 3.63) is 24.3 Å². The largest absolute Gasteiger partial charge is 0.489 e. The summed E-state index contributed by atoms with van der Waals surface area (Å²) in [7, 11) is 0. The van der Waals surface area contributed by atoms with Crippen LogP contribution in [0.3, 0.4) is 0 Å². The SMILES string of the molecule is Nc1ccccc1OCCOCCOCCOCCOCCOCCOCCOCCOCCOCCOCCOC(=O)CCCCC(=O)O. The number of carboxylic acid groups (broad SMARTS) is 1. The highest BCUT2D eigenvalue weighted by Gasteiger charge is 2.04. The van der Waals surface area contributed by atoms with Gasteiger partial charge >= 0.3 is 11.9 Å². The van der Waals surface area contributed by atoms with E-state index in [0.29, 0.717) is 156 Å². The highest BCUT2D eigenvalue weighted by atomic mass is 16.6. The summed E-state index contributed by atoms with van der Waals surface area (Å²) in [6.45, 7) is 9.74. The Kier molecular flexibility index (Phi) is 32.8. The van der Waals surface area contributed by atoms with E-state index in [1.807, 2.05) is 18.2 Å². The molecule has 1 aromatic carbocycles. The number of hydrogen-bond acceptors (Lipinski definition) is 15. The summed E-state index contributed by atoms with van der Waals surface area (Å²) in [5, 5.41) is 8.55. The molecule has 50 heavy (non-hydrogen) atoms. The minimum absolute atomic E-state index is 0.0582. The number of para-hydroxylation sites is 2. The molecule has 0 aromatic heterocycles. The molecule has 0 aliphatic carbocycles. The van der Waals surface area contributed by atoms with Crippen LogP contribution in [0.25, 0.3) is 0 Å². The fourth-order valence-electron chi connectivity index (χ4n) is 3.74. The Labute approximate surface area is 295 Å². The van der Waals surface area contributed by atoms with Gasteiger partial charge in [-0.15, -0.1) is 0 Å². The van der Waals surface area contributed by atoms with Crippen LogP contribution in [-0.2, 0) is 61.7 Å². The standard InChI is InChI=1S/C34H59NO15/c35-31-5-1-2-6-32(31)49-29-27-47-25-23-45-21-19-43-17-15-41-13-11-39-9-10-40-12-14-42-16-18-44-20-22-46-24-26-48-28-30-50-34(38)8-4-3-7-33(36)37/h1-2,5-6H,3-4,7-30,35H2,(H,36,37). The molecule has 0 aliphatic heterocycles. The molecule has 0 amide bonds. The minimum atomic E-state index is -0.864. The van der Waals surface area contributed by atoms with Crippen molar-refractivity contribution in [2.75, 3.05) is 151 Å². The molecule has 0 spiro atoms. The Hall–Kier alpha value is -2.64. The van der Waals surface area contributed by atoms with Gasteiger partial charge in [-0.3, -0.25) is 9.59 Å². The number of unbranched alkanes of at least 4 members (excludes halogenated alkanes) is 1. The summed E-state index contributed by atoms with van der Waals surface area (Å²) >= 11 is 0. The molecule has 0 saturated heterocycles. The molecule has 0 bridgehead atoms. The van der Waals surface area contributed by atoms with Crippen LogP contribution in [-0.4, -0.2) is 162 Å². The van der Waals surface area contributed by atoms with Gasteiger partial charge in [0.2, 0.25) is 0 Å². The molecule has 0 heterocycles. The van der Waals surface area contributed by atoms with E-state index < -0.39 is 5.97 Å². The summed E-state index contributed by atoms with van der Waals surface area (Å²) in [5.74, 6) is -0.553. The maximum absolute atomic E-state index is 11.5. The lowest BCUT2D eigenvalue weighted by atomic mass is 10.2. The van der Waals surface area contributed by atoms with E-state index >= 15 is 0 Å². The highest BCUT2D eigenvalue weighted by molar-refractivity contribution is 5.69. The summed E-state index contributed by atoms with van der Waals surface area (Å²) in [6.07, 6.45) is 1.23. The van der Waals surface area contributed by atoms with E-state index in [9.17, 15) is 9.59 Å². The molecule has 0 saturated carbocycles. The van der Waals surface area contributed by atoms with Gasteiger partial charge in [-0.1, -0.05) is 12.1 Å². The lowest BCUT2D eigenvalue weighted by Crippen LogP contribution is -2.15. The van der Waals surface area contributed by atoms with E-state index in [1.54, 1.807) is 6.07 Å². The van der Waals surface area contributed by atoms with Gasteiger partial charge in [0.1, 0.15) is 19.0 Å². The van der Waals surface area contributed by atoms with Crippen molar-refractivity contribution in [3.63, 3.8) is 0 Å². The van der Waals surface area contributed by atoms with Crippen molar-refractivity contribution < 1.29 is 71.5 Å². The number of carbonyl (C=O) groups excluding carboxylic acids is 1. The average Bonchev–Trinajstić information content (AvgIpc) is 3.11. The van der Waals surface area contributed by atoms with Gasteiger partial charge in [-0.05, 0) is 25.0 Å². The Bertz CT molecular complexity index is 911. The van der Waals surface area contributed by atoms with Crippen LogP contribution in [0.5, 0.6) is 5.75 Å². The van der Waals surface area contributed by atoms with E-state index in [4.69, 9.17) is 67.7 Å². The molecule has 0 unspecified atom stereocenters. The van der Waals surface area contributed by atoms with Gasteiger partial charge in [0.15, 0.2) is 0 Å². The van der Waals surface area contributed by atoms with Crippen LogP contribution in [0.4, 0.5) is 5.69 Å². The zero-order valence-electron chi connectivity index (χ0n) is 29.4. The van der Waals surface area contributed by atoms with Crippen molar-refractivity contribution in [2.45, 2.75) is 25.7 Å². The first kappa shape index (κ1) is 45.4. The van der Waals surface area contributed by atoms with Crippen molar-refractivity contribution in [2.24, 2.45) is 0 Å². The second-order valence-electron chi connectivity index (χ2n) is 10.3. The van der Waals surface area contributed by atoms with E-state index in [-0.39, 0.29) is 32.0 Å². The quantitative estimate of drug-likeness (QED) is 0.0570. The zero-order chi connectivity index (χ0) is 36.0. The normalized spacial score (nSPS) is 11.2. The minimum Gasteiger partial charge on any atom is -0.489 e. The number of ether oxygens (including phenoxy) is 12. The third kappa shape index (κ3) is 32.6. The molecule has 0 atom stereocenters. The predicted octanol–water partition coefficient (Wildman–Crippen LogP) is 2.00. The number of hydrogen-bond donors (Lipinski definition) is 2. The number of anilines is 1. The predicted molar refractivity (Wildman–Crippen MR) is 182 cm³/mol. The van der Waals surface area contributed by atoms with Crippen molar-refractivity contribution in [1.82, 2.24) is 0 Å². The topological polar surface area (TPSA) is 191 Å². The number of nitrogens with two attached hydrogens (primary N) is 1. The van der Waals surface area contributed by atoms with E-state index in [0.717, 1.165) is 0 Å². The molecular formula is C34H59NO15. The highest BCUT2D eigenvalue weighted by Crippen LogP contribution is 2.19. The van der Waals surface area contributed by atoms with Crippen LogP contribution in [0.1, 0.15) is 25.7 Å². The summed E-state index contributed by atoms with van der Waals surface area (Å²) in [5.41, 5.74) is 6.43. The van der Waals surface area contributed by atoms with Gasteiger partial charge < -0.3 is 67.7 Å². The maximum Gasteiger partial charge on any atom is 0.305 e. The monoisotopic (exact) mass is 721 g/mol. The number of aliphatic carboxylic acids is 1. The van der Waals surface area contributed by atoms with Crippen LogP contribution in [0.15, 0.2) is 24.3 Å². The molecule has 16 heteroatoms. The first-order valence-corrected chi connectivity index (χ1v) is 17.2. The van der Waals surface area contributed by atoms with E-state index in [2.05, 4.69) is 0 Å². The number of carboxylic acids is 1. The third-order valence-corrected chi connectivity index (χ3v) is 6.26. The Balaban J connectivity index is 1.64. The summed E-state index contributed by atoms with van der Waals surface area (Å²) in [6, 6.07) is 7.35. The fourth-order valence-corrected chi connectivity index (χ4v) is 3.74. The van der Waals surface area contributed by atoms with Gasteiger partial charge in [0.25, 0.3) is 0 Å². The van der Waals surface area contributed by atoms with Gasteiger partial charge in [-0.25, -0.2) is 0 Å². The van der Waals surface area contributed by atoms with Gasteiger partial charge in [0.05, 0.1) is 138 Å². The first-order chi connectivity index (χ1) is 24.6.